The van der Waals surface area contributed by atoms with Gasteiger partial charge in [0.2, 0.25) is 6.04 Å². The van der Waals surface area contributed by atoms with Crippen LogP contribution in [0.25, 0.3) is 0 Å². The Labute approximate surface area is 196 Å². The third kappa shape index (κ3) is 3.48. The van der Waals surface area contributed by atoms with Crippen LogP contribution in [-0.2, 0) is 0 Å². The molecule has 0 unspecified atom stereocenters. The minimum Gasteiger partial charge on any atom is -0.497 e. The number of hydrogen-bond donors (Lipinski definition) is 0. The number of carbonyl (C=O) groups is 1. The fourth-order valence-corrected chi connectivity index (χ4v) is 5.04. The zero-order chi connectivity index (χ0) is 23.8. The van der Waals surface area contributed by atoms with Crippen LogP contribution in [0.2, 0.25) is 0 Å². The van der Waals surface area contributed by atoms with E-state index in [9.17, 15) is 14.9 Å². The van der Waals surface area contributed by atoms with Crippen molar-refractivity contribution in [3.8, 4) is 11.5 Å². The number of hydrazone groups is 1. The zero-order valence-electron chi connectivity index (χ0n) is 18.7. The van der Waals surface area contributed by atoms with Crippen LogP contribution in [0.1, 0.15) is 39.0 Å². The maximum Gasteiger partial charge on any atom is 0.248 e. The van der Waals surface area contributed by atoms with Crippen molar-refractivity contribution >= 4 is 12.0 Å². The topological polar surface area (TPSA) is 94.3 Å². The van der Waals surface area contributed by atoms with Gasteiger partial charge < -0.3 is 9.47 Å². The molecule has 1 saturated heterocycles. The predicted octanol–water partition coefficient (Wildman–Crippen LogP) is 4.09. The Morgan fingerprint density at radius 2 is 1.56 bits per heavy atom. The van der Waals surface area contributed by atoms with Gasteiger partial charge in [-0.05, 0) is 47.5 Å². The van der Waals surface area contributed by atoms with Crippen molar-refractivity contribution in [1.29, 1.82) is 0 Å². The molecular formula is C26H23N3O5. The molecule has 0 aliphatic carbocycles. The van der Waals surface area contributed by atoms with Crippen LogP contribution < -0.4 is 9.47 Å². The minimum absolute atomic E-state index is 0.227. The molecule has 5 rings (SSSR count). The third-order valence-corrected chi connectivity index (χ3v) is 6.63. The van der Waals surface area contributed by atoms with E-state index >= 15 is 0 Å². The summed E-state index contributed by atoms with van der Waals surface area (Å²) in [5, 5.41) is 18.7. The van der Waals surface area contributed by atoms with Crippen molar-refractivity contribution in [3.05, 3.63) is 105 Å². The van der Waals surface area contributed by atoms with E-state index in [0.717, 1.165) is 11.1 Å². The Hall–Kier alpha value is -4.20. The van der Waals surface area contributed by atoms with Crippen molar-refractivity contribution in [1.82, 2.24) is 5.01 Å². The van der Waals surface area contributed by atoms with Crippen LogP contribution in [0.4, 0.5) is 0 Å². The Kier molecular flexibility index (Phi) is 5.49. The summed E-state index contributed by atoms with van der Waals surface area (Å²) in [6.45, 7) is 0. The number of ketones is 1. The minimum atomic E-state index is -1.07. The molecule has 0 amide bonds. The number of nitro groups is 1. The van der Waals surface area contributed by atoms with Gasteiger partial charge in [0.25, 0.3) is 0 Å². The van der Waals surface area contributed by atoms with E-state index in [0.29, 0.717) is 22.6 Å². The summed E-state index contributed by atoms with van der Waals surface area (Å²) >= 11 is 0. The number of rotatable bonds is 6. The first-order valence-electron chi connectivity index (χ1n) is 10.9. The monoisotopic (exact) mass is 457 g/mol. The van der Waals surface area contributed by atoms with Crippen LogP contribution >= 0.6 is 0 Å². The molecule has 8 nitrogen and oxygen atoms in total. The summed E-state index contributed by atoms with van der Waals surface area (Å²) in [6.07, 6.45) is 1.67. The van der Waals surface area contributed by atoms with E-state index in [1.54, 1.807) is 74.0 Å². The van der Waals surface area contributed by atoms with Crippen molar-refractivity contribution in [3.63, 3.8) is 0 Å². The summed E-state index contributed by atoms with van der Waals surface area (Å²) in [7, 11) is 3.12. The van der Waals surface area contributed by atoms with Gasteiger partial charge in [0.1, 0.15) is 23.6 Å². The largest absolute Gasteiger partial charge is 0.497 e. The van der Waals surface area contributed by atoms with Crippen molar-refractivity contribution in [2.24, 2.45) is 5.10 Å². The second kappa shape index (κ2) is 8.62. The van der Waals surface area contributed by atoms with Crippen molar-refractivity contribution < 1.29 is 19.2 Å². The van der Waals surface area contributed by atoms with Crippen LogP contribution in [0, 0.1) is 10.1 Å². The average Bonchev–Trinajstić information content (AvgIpc) is 3.24. The lowest BCUT2D eigenvalue weighted by molar-refractivity contribution is -0.529. The molecule has 4 atom stereocenters. The molecule has 1 fully saturated rings. The number of methoxy groups -OCH3 is 2. The molecule has 2 aliphatic heterocycles. The Bertz CT molecular complexity index is 1260. The maximum absolute atomic E-state index is 13.9. The molecule has 8 heteroatoms. The van der Waals surface area contributed by atoms with Crippen LogP contribution in [0.15, 0.2) is 77.9 Å². The number of Topliss-reactive ketones (excluding diaryl/α,β-unsaturated/α-hetero) is 1. The molecule has 0 saturated carbocycles. The molecule has 0 bridgehead atoms. The molecule has 172 valence electrons. The number of carbonyl (C=O) groups excluding carboxylic acids is 1. The molecule has 0 N–H and O–H groups in total. The number of fused-ring (bicyclic) bond motifs is 3. The Morgan fingerprint density at radius 3 is 2.18 bits per heavy atom. The molecular weight excluding hydrogens is 434 g/mol. The average molecular weight is 457 g/mol. The van der Waals surface area contributed by atoms with Crippen LogP contribution in [-0.4, -0.2) is 48.2 Å². The molecule has 0 spiro atoms. The number of benzene rings is 3. The van der Waals surface area contributed by atoms with Gasteiger partial charge in [-0.15, -0.1) is 0 Å². The molecule has 0 aromatic heterocycles. The smallest absolute Gasteiger partial charge is 0.248 e. The van der Waals surface area contributed by atoms with Gasteiger partial charge in [-0.1, -0.05) is 36.4 Å². The molecule has 0 radical (unpaired) electrons. The highest BCUT2D eigenvalue weighted by atomic mass is 16.6. The summed E-state index contributed by atoms with van der Waals surface area (Å²) in [6, 6.07) is 18.8. The molecule has 2 aliphatic rings. The van der Waals surface area contributed by atoms with Gasteiger partial charge in [-0.2, -0.15) is 5.10 Å². The standard InChI is InChI=1S/C26H23N3O5/c1-33-19-11-7-16(8-12-19)22-24(29(31)32)23-21-6-4-3-5-18(21)15-27-28(23)25(22)26(30)17-9-13-20(34-2)14-10-17/h3-15,22-25H,1-2H3/t22-,23-,24+,25-/m0/s1. The van der Waals surface area contributed by atoms with Gasteiger partial charge in [0.15, 0.2) is 5.78 Å². The van der Waals surface area contributed by atoms with E-state index in [1.165, 1.54) is 0 Å². The molecule has 34 heavy (non-hydrogen) atoms. The van der Waals surface area contributed by atoms with Gasteiger partial charge in [-0.3, -0.25) is 19.9 Å². The second-order valence-corrected chi connectivity index (χ2v) is 8.31. The lowest BCUT2D eigenvalue weighted by atomic mass is 9.82. The summed E-state index contributed by atoms with van der Waals surface area (Å²) < 4.78 is 10.5. The third-order valence-electron chi connectivity index (χ3n) is 6.63. The quantitative estimate of drug-likeness (QED) is 0.314. The lowest BCUT2D eigenvalue weighted by Crippen LogP contribution is -2.38. The summed E-state index contributed by atoms with van der Waals surface area (Å²) in [4.78, 5) is 26.1. The van der Waals surface area contributed by atoms with E-state index in [4.69, 9.17) is 9.47 Å². The summed E-state index contributed by atoms with van der Waals surface area (Å²) in [5.41, 5.74) is 2.75. The van der Waals surface area contributed by atoms with E-state index in [2.05, 4.69) is 5.10 Å². The lowest BCUT2D eigenvalue weighted by Gasteiger charge is -2.30. The number of hydrogen-bond acceptors (Lipinski definition) is 7. The fourth-order valence-electron chi connectivity index (χ4n) is 5.04. The number of ether oxygens (including phenoxy) is 2. The highest BCUT2D eigenvalue weighted by molar-refractivity contribution is 6.01. The predicted molar refractivity (Wildman–Crippen MR) is 126 cm³/mol. The van der Waals surface area contributed by atoms with E-state index in [1.807, 2.05) is 24.3 Å². The van der Waals surface area contributed by atoms with Crippen LogP contribution in [0.5, 0.6) is 11.5 Å². The molecule has 3 aromatic carbocycles. The Morgan fingerprint density at radius 1 is 0.941 bits per heavy atom. The van der Waals surface area contributed by atoms with Gasteiger partial charge in [0, 0.05) is 16.1 Å². The SMILES string of the molecule is COc1ccc(C(=O)[C@@H]2[C@@H](c3ccc(OC)cc3)[C@@H]([N+](=O)[O-])[C@@H]3c4ccccc4C=NN23)cc1. The van der Waals surface area contributed by atoms with Crippen molar-refractivity contribution in [2.75, 3.05) is 14.2 Å². The normalized spacial score (nSPS) is 22.6. The number of nitrogens with zero attached hydrogens (tertiary/aromatic N) is 3. The maximum atomic E-state index is 13.9. The zero-order valence-corrected chi connectivity index (χ0v) is 18.7. The van der Waals surface area contributed by atoms with Gasteiger partial charge in [0.05, 0.1) is 26.4 Å². The van der Waals surface area contributed by atoms with E-state index in [-0.39, 0.29) is 10.7 Å². The van der Waals surface area contributed by atoms with Gasteiger partial charge >= 0.3 is 0 Å². The van der Waals surface area contributed by atoms with Crippen molar-refractivity contribution in [2.45, 2.75) is 24.0 Å². The highest BCUT2D eigenvalue weighted by Crippen LogP contribution is 2.49. The molecule has 3 aromatic rings. The van der Waals surface area contributed by atoms with E-state index < -0.39 is 24.0 Å². The second-order valence-electron chi connectivity index (χ2n) is 8.31. The fraction of sp³-hybridized carbons (Fsp3) is 0.231. The highest BCUT2D eigenvalue weighted by Gasteiger charge is 2.60. The first-order valence-corrected chi connectivity index (χ1v) is 10.9. The first-order chi connectivity index (χ1) is 16.5. The first kappa shape index (κ1) is 21.6. The molecule has 2 heterocycles. The Balaban J connectivity index is 1.67. The van der Waals surface area contributed by atoms with Crippen LogP contribution in [0.3, 0.4) is 0 Å². The summed E-state index contributed by atoms with van der Waals surface area (Å²) in [5.74, 6) is 0.317. The van der Waals surface area contributed by atoms with Gasteiger partial charge in [-0.25, -0.2) is 0 Å².